The topological polar surface area (TPSA) is 236 Å². The van der Waals surface area contributed by atoms with Crippen molar-refractivity contribution in [1.82, 2.24) is 24.8 Å². The number of nitrogens with one attached hydrogen (secondary N) is 2. The molecular formula is C58H53N7O12S5. The molecule has 7 aromatic rings. The minimum absolute atomic E-state index is 0.00314. The average molecular weight is 1200 g/mol. The summed E-state index contributed by atoms with van der Waals surface area (Å²) < 4.78 is 32.3. The molecule has 2 aromatic heterocycles. The fourth-order valence-corrected chi connectivity index (χ4v) is 13.1. The zero-order chi connectivity index (χ0) is 58.0. The van der Waals surface area contributed by atoms with E-state index in [0.717, 1.165) is 32.7 Å². The van der Waals surface area contributed by atoms with Gasteiger partial charge in [0.1, 0.15) is 50.5 Å². The molecule has 4 heterocycles. The number of methoxy groups -OCH3 is 1. The molecule has 5 aromatic carbocycles. The molecule has 0 aliphatic carbocycles. The number of ether oxygens (including phenoxy) is 5. The van der Waals surface area contributed by atoms with Gasteiger partial charge in [-0.25, -0.2) is 14.6 Å². The predicted octanol–water partition coefficient (Wildman–Crippen LogP) is 9.63. The highest BCUT2D eigenvalue weighted by molar-refractivity contribution is 8.02. The minimum Gasteiger partial charge on any atom is -0.497 e. The first kappa shape index (κ1) is 58.6. The Morgan fingerprint density at radius 1 is 0.829 bits per heavy atom. The summed E-state index contributed by atoms with van der Waals surface area (Å²) in [5.74, 6) is -3.41. The molecule has 19 nitrogen and oxygen atoms in total. The standard InChI is InChI=1S/C58H53N7O12S5/c1-34(66)74-44-27-26-42(28-45(44)75-35(2)67)81-55(54(71)76-57(3,4)5)77-63-47(43-33-80-56(60-43)62-58(38-16-10-7-11-17-38,39-18-12-8-13-19-39)40-20-14-9-15-21-40)50(68)61-48-51(69)65-49(53(70)73-30-36-22-24-41(72-6)25-23-36)37(32-79-52(48)65)31-78-46-29-59-64-82-46/h7-29,33,48,52,55H,30-32H2,1-6H3,(H,60,62)(H,61,68)/b63-47-/t48-,52+,55-/m1/s1. The van der Waals surface area contributed by atoms with Gasteiger partial charge < -0.3 is 39.2 Å². The lowest BCUT2D eigenvalue weighted by Gasteiger charge is -2.49. The third-order valence-electron chi connectivity index (χ3n) is 12.2. The van der Waals surface area contributed by atoms with Crippen molar-refractivity contribution in [3.63, 3.8) is 0 Å². The van der Waals surface area contributed by atoms with Crippen molar-refractivity contribution in [2.24, 2.45) is 5.16 Å². The monoisotopic (exact) mass is 1200 g/mol. The van der Waals surface area contributed by atoms with Crippen LogP contribution in [0.3, 0.4) is 0 Å². The van der Waals surface area contributed by atoms with Crippen LogP contribution < -0.4 is 24.8 Å². The Labute approximate surface area is 492 Å². The first-order valence-corrected chi connectivity index (χ1v) is 29.8. The summed E-state index contributed by atoms with van der Waals surface area (Å²) in [5, 5.41) is 16.0. The molecule has 1 saturated heterocycles. The van der Waals surface area contributed by atoms with Gasteiger partial charge in [0.25, 0.3) is 17.3 Å². The number of benzene rings is 5. The Bertz CT molecular complexity index is 3410. The molecule has 3 atom stereocenters. The van der Waals surface area contributed by atoms with Crippen molar-refractivity contribution in [3.05, 3.63) is 184 Å². The maximum absolute atomic E-state index is 15.1. The predicted molar refractivity (Wildman–Crippen MR) is 313 cm³/mol. The Morgan fingerprint density at radius 3 is 2.05 bits per heavy atom. The van der Waals surface area contributed by atoms with Crippen molar-refractivity contribution in [3.8, 4) is 17.2 Å². The number of nitrogens with zero attached hydrogens (tertiary/aromatic N) is 5. The quantitative estimate of drug-likeness (QED) is 0.00939. The third-order valence-corrected chi connectivity index (χ3v) is 17.2. The highest BCUT2D eigenvalue weighted by Gasteiger charge is 2.55. The van der Waals surface area contributed by atoms with Crippen LogP contribution in [0.4, 0.5) is 5.13 Å². The van der Waals surface area contributed by atoms with E-state index in [9.17, 15) is 24.0 Å². The Hall–Kier alpha value is -8.03. The van der Waals surface area contributed by atoms with Crippen LogP contribution in [0.25, 0.3) is 0 Å². The number of carbonyl (C=O) groups excluding carboxylic acids is 6. The van der Waals surface area contributed by atoms with Crippen LogP contribution in [0.15, 0.2) is 171 Å². The van der Waals surface area contributed by atoms with E-state index in [1.54, 1.807) is 63.7 Å². The summed E-state index contributed by atoms with van der Waals surface area (Å²) in [7, 11) is 1.55. The molecule has 422 valence electrons. The highest BCUT2D eigenvalue weighted by Crippen LogP contribution is 2.44. The lowest BCUT2D eigenvalue weighted by atomic mass is 9.77. The Balaban J connectivity index is 1.07. The van der Waals surface area contributed by atoms with Crippen LogP contribution in [0.1, 0.15) is 62.6 Å². The van der Waals surface area contributed by atoms with Gasteiger partial charge in [0, 0.05) is 35.6 Å². The van der Waals surface area contributed by atoms with Gasteiger partial charge in [-0.2, -0.15) is 0 Å². The molecule has 0 saturated carbocycles. The van der Waals surface area contributed by atoms with E-state index < -0.39 is 69.4 Å². The summed E-state index contributed by atoms with van der Waals surface area (Å²) in [6, 6.07) is 39.6. The van der Waals surface area contributed by atoms with E-state index in [2.05, 4.69) is 25.4 Å². The number of fused-ring (bicyclic) bond motifs is 1. The van der Waals surface area contributed by atoms with E-state index in [1.807, 2.05) is 91.0 Å². The van der Waals surface area contributed by atoms with Gasteiger partial charge in [-0.15, -0.1) is 40.0 Å². The summed E-state index contributed by atoms with van der Waals surface area (Å²) >= 11 is 5.93. The molecule has 0 bridgehead atoms. The van der Waals surface area contributed by atoms with Crippen LogP contribution in [-0.4, -0.2) is 102 Å². The number of anilines is 1. The number of thiazole rings is 1. The zero-order valence-electron chi connectivity index (χ0n) is 44.9. The number of thioether (sulfide) groups is 3. The van der Waals surface area contributed by atoms with E-state index in [1.165, 1.54) is 83.3 Å². The minimum atomic E-state index is -1.63. The van der Waals surface area contributed by atoms with Crippen molar-refractivity contribution in [2.75, 3.05) is 23.9 Å². The summed E-state index contributed by atoms with van der Waals surface area (Å²) in [6.07, 6.45) is 1.62. The van der Waals surface area contributed by atoms with Gasteiger partial charge in [-0.3, -0.25) is 24.1 Å². The second-order valence-corrected chi connectivity index (χ2v) is 24.3. The molecule has 0 radical (unpaired) electrons. The van der Waals surface area contributed by atoms with Crippen molar-refractivity contribution < 1.29 is 57.3 Å². The molecule has 9 rings (SSSR count). The normalized spacial score (nSPS) is 15.5. The summed E-state index contributed by atoms with van der Waals surface area (Å²) in [6.45, 7) is 7.26. The maximum atomic E-state index is 15.1. The number of hydrogen-bond donors (Lipinski definition) is 2. The Morgan fingerprint density at radius 2 is 1.46 bits per heavy atom. The number of amides is 2. The van der Waals surface area contributed by atoms with Gasteiger partial charge in [0.05, 0.1) is 13.3 Å². The smallest absolute Gasteiger partial charge is 0.361 e. The molecule has 2 aliphatic rings. The first-order valence-electron chi connectivity index (χ1n) is 25.2. The van der Waals surface area contributed by atoms with Crippen LogP contribution >= 0.6 is 58.2 Å². The molecule has 1 fully saturated rings. The summed E-state index contributed by atoms with van der Waals surface area (Å²) in [4.78, 5) is 94.7. The first-order chi connectivity index (χ1) is 39.5. The number of esters is 4. The number of carbonyl (C=O) groups is 6. The molecule has 2 aliphatic heterocycles. The van der Waals surface area contributed by atoms with E-state index in [-0.39, 0.29) is 34.4 Å². The number of oxime groups is 1. The van der Waals surface area contributed by atoms with Crippen LogP contribution in [0.2, 0.25) is 0 Å². The van der Waals surface area contributed by atoms with Gasteiger partial charge >= 0.3 is 23.9 Å². The molecule has 24 heteroatoms. The maximum Gasteiger partial charge on any atom is 0.361 e. The molecule has 0 unspecified atom stereocenters. The number of β-lactam (4-membered cyclic amide) rings is 1. The molecule has 2 amide bonds. The second kappa shape index (κ2) is 26.3. The molecule has 0 spiro atoms. The highest BCUT2D eigenvalue weighted by atomic mass is 32.2. The fourth-order valence-electron chi connectivity index (χ4n) is 8.62. The van der Waals surface area contributed by atoms with Crippen LogP contribution in [-0.2, 0) is 55.2 Å². The largest absolute Gasteiger partial charge is 0.497 e. The number of rotatable bonds is 22. The third kappa shape index (κ3) is 14.0. The zero-order valence-corrected chi connectivity index (χ0v) is 49.0. The SMILES string of the molecule is COc1ccc(COC(=O)C2=C(CSc3cnns3)CS[C@H]3[C@H](NC(=O)/C(=N\O[C@H](Sc4ccc(OC(C)=O)c(OC(C)=O)c4)C(=O)OC(C)(C)C)c4csc(NC(c5ccccc5)(c5ccccc5)c5ccccc5)n4)C(=O)N23)cc1. The van der Waals surface area contributed by atoms with E-state index >= 15 is 4.79 Å². The average Bonchev–Trinajstić information content (AvgIpc) is 4.36. The van der Waals surface area contributed by atoms with Gasteiger partial charge in [0.2, 0.25) is 0 Å². The van der Waals surface area contributed by atoms with Gasteiger partial charge in [-0.05, 0) is 90.5 Å². The van der Waals surface area contributed by atoms with Crippen LogP contribution in [0, 0.1) is 0 Å². The molecule has 2 N–H and O–H groups in total. The fraction of sp³-hybridized carbons (Fsp3) is 0.241. The van der Waals surface area contributed by atoms with E-state index in [4.69, 9.17) is 33.5 Å². The molecule has 82 heavy (non-hydrogen) atoms. The van der Waals surface area contributed by atoms with Crippen LogP contribution in [0.5, 0.6) is 17.2 Å². The number of hydrogen-bond acceptors (Lipinski definition) is 22. The van der Waals surface area contributed by atoms with E-state index in [0.29, 0.717) is 33.5 Å². The van der Waals surface area contributed by atoms with Crippen molar-refractivity contribution >= 4 is 105 Å². The van der Waals surface area contributed by atoms with Gasteiger partial charge in [-0.1, -0.05) is 125 Å². The number of aromatic nitrogens is 3. The molecular weight excluding hydrogens is 1150 g/mol. The lowest BCUT2D eigenvalue weighted by molar-refractivity contribution is -0.162. The second-order valence-electron chi connectivity index (χ2n) is 19.1. The van der Waals surface area contributed by atoms with Gasteiger partial charge in [0.15, 0.2) is 22.3 Å². The lowest BCUT2D eigenvalue weighted by Crippen LogP contribution is -2.71. The summed E-state index contributed by atoms with van der Waals surface area (Å²) in [5.41, 5.74) is -0.0583. The van der Waals surface area contributed by atoms with Crippen molar-refractivity contribution in [1.29, 1.82) is 0 Å². The van der Waals surface area contributed by atoms with Crippen molar-refractivity contribution in [2.45, 2.75) is 78.3 Å². The Kier molecular flexibility index (Phi) is 18.8.